The molecular weight excluding hydrogens is 458 g/mol. The summed E-state index contributed by atoms with van der Waals surface area (Å²) in [5.74, 6) is -3.55. The van der Waals surface area contributed by atoms with Gasteiger partial charge in [0, 0.05) is 34.6 Å². The predicted octanol–water partition coefficient (Wildman–Crippen LogP) is 0.0992. The van der Waals surface area contributed by atoms with E-state index in [1.54, 1.807) is 0 Å². The van der Waals surface area contributed by atoms with Crippen LogP contribution in [0.1, 0.15) is 34.6 Å². The van der Waals surface area contributed by atoms with Gasteiger partial charge in [-0.05, 0) is 6.08 Å². The van der Waals surface area contributed by atoms with Crippen LogP contribution in [0.25, 0.3) is 0 Å². The fourth-order valence-electron chi connectivity index (χ4n) is 2.88. The smallest absolute Gasteiger partial charge is 0.303 e. The molecule has 0 aromatic heterocycles. The molecule has 0 N–H and O–H groups in total. The van der Waals surface area contributed by atoms with Crippen molar-refractivity contribution in [3.05, 3.63) is 11.6 Å². The average Bonchev–Trinajstić information content (AvgIpc) is 2.71. The van der Waals surface area contributed by atoms with E-state index in [1.165, 1.54) is 13.0 Å². The first-order valence-electron chi connectivity index (χ1n) is 10.1. The van der Waals surface area contributed by atoms with Crippen molar-refractivity contribution in [3.8, 4) is 6.07 Å². The lowest BCUT2D eigenvalue weighted by Crippen LogP contribution is -2.62. The molecule has 0 radical (unpaired) electrons. The minimum Gasteiger partial charge on any atom is -0.463 e. The maximum atomic E-state index is 11.8. The second-order valence-corrected chi connectivity index (χ2v) is 7.02. The Kier molecular flexibility index (Phi) is 11.7. The summed E-state index contributed by atoms with van der Waals surface area (Å²) in [7, 11) is 0. The molecule has 0 spiro atoms. The molecule has 5 unspecified atom stereocenters. The highest BCUT2D eigenvalue weighted by molar-refractivity contribution is 5.68. The number of hydrogen-bond donors (Lipinski definition) is 0. The van der Waals surface area contributed by atoms with Crippen molar-refractivity contribution in [2.75, 3.05) is 19.8 Å². The Balaban J connectivity index is 3.23. The Labute approximate surface area is 195 Å². The molecule has 0 bridgehead atoms. The van der Waals surface area contributed by atoms with Gasteiger partial charge in [0.25, 0.3) is 0 Å². The SMILES string of the molecule is CC(=O)OCC(C#N)=CCOC1OC(COC(C)=O)C(OC(C)=O)C(OC(C)=O)C1OC(C)=O. The molecule has 5 atom stereocenters. The Morgan fingerprint density at radius 3 is 1.82 bits per heavy atom. The van der Waals surface area contributed by atoms with Gasteiger partial charge in [-0.1, -0.05) is 0 Å². The van der Waals surface area contributed by atoms with Crippen LogP contribution in [0.4, 0.5) is 0 Å². The van der Waals surface area contributed by atoms with Gasteiger partial charge in [-0.15, -0.1) is 0 Å². The Morgan fingerprint density at radius 1 is 0.794 bits per heavy atom. The van der Waals surface area contributed by atoms with Crippen LogP contribution in [0.5, 0.6) is 0 Å². The molecule has 0 aromatic rings. The van der Waals surface area contributed by atoms with E-state index in [0.717, 1.165) is 27.7 Å². The molecule has 1 fully saturated rings. The molecule has 1 saturated heterocycles. The summed E-state index contributed by atoms with van der Waals surface area (Å²) in [6, 6.07) is 1.84. The van der Waals surface area contributed by atoms with E-state index in [1.807, 2.05) is 6.07 Å². The van der Waals surface area contributed by atoms with Crippen LogP contribution < -0.4 is 0 Å². The zero-order valence-electron chi connectivity index (χ0n) is 19.4. The number of carbonyl (C=O) groups is 5. The average molecular weight is 485 g/mol. The fraction of sp³-hybridized carbons (Fsp3) is 0.619. The van der Waals surface area contributed by atoms with Crippen molar-refractivity contribution >= 4 is 29.8 Å². The summed E-state index contributed by atoms with van der Waals surface area (Å²) < 4.78 is 36.8. The third kappa shape index (κ3) is 9.97. The number of rotatable bonds is 10. The quantitative estimate of drug-likeness (QED) is 0.232. The largest absolute Gasteiger partial charge is 0.463 e. The molecular formula is C21H27NO12. The lowest BCUT2D eigenvalue weighted by molar-refractivity contribution is -0.306. The minimum atomic E-state index is -1.38. The number of esters is 5. The molecule has 13 nitrogen and oxygen atoms in total. The molecule has 13 heteroatoms. The van der Waals surface area contributed by atoms with Gasteiger partial charge in [-0.25, -0.2) is 0 Å². The van der Waals surface area contributed by atoms with Crippen LogP contribution in [-0.4, -0.2) is 80.4 Å². The van der Waals surface area contributed by atoms with Crippen molar-refractivity contribution in [2.45, 2.75) is 65.3 Å². The van der Waals surface area contributed by atoms with Gasteiger partial charge < -0.3 is 33.2 Å². The molecule has 1 aliphatic heterocycles. The third-order valence-corrected chi connectivity index (χ3v) is 4.11. The Bertz CT molecular complexity index is 845. The zero-order chi connectivity index (χ0) is 25.8. The van der Waals surface area contributed by atoms with Gasteiger partial charge in [0.15, 0.2) is 24.6 Å². The van der Waals surface area contributed by atoms with Crippen LogP contribution >= 0.6 is 0 Å². The first-order valence-corrected chi connectivity index (χ1v) is 10.1. The van der Waals surface area contributed by atoms with Gasteiger partial charge in [0.05, 0.1) is 18.2 Å². The molecule has 0 aliphatic carbocycles. The second-order valence-electron chi connectivity index (χ2n) is 7.02. The first-order chi connectivity index (χ1) is 15.9. The monoisotopic (exact) mass is 485 g/mol. The lowest BCUT2D eigenvalue weighted by atomic mass is 9.98. The van der Waals surface area contributed by atoms with Crippen LogP contribution in [-0.2, 0) is 57.1 Å². The molecule has 1 heterocycles. The molecule has 1 aliphatic rings. The predicted molar refractivity (Wildman–Crippen MR) is 108 cm³/mol. The van der Waals surface area contributed by atoms with Crippen LogP contribution in [0, 0.1) is 11.3 Å². The number of carbonyl (C=O) groups excluding carboxylic acids is 5. The summed E-state index contributed by atoms with van der Waals surface area (Å²) >= 11 is 0. The van der Waals surface area contributed by atoms with Gasteiger partial charge in [0.2, 0.25) is 0 Å². The number of nitrogens with zero attached hydrogens (tertiary/aromatic N) is 1. The standard InChI is InChI=1S/C21H27NO12/c1-11(23)29-9-16(8-22)6-7-28-21-20(33-15(5)27)19(32-14(4)26)18(31-13(3)25)17(34-21)10-30-12(2)24/h6,17-21H,7,9-10H2,1-5H3. The maximum Gasteiger partial charge on any atom is 0.303 e. The van der Waals surface area contributed by atoms with E-state index < -0.39 is 67.2 Å². The molecule has 1 rings (SSSR count). The molecule has 34 heavy (non-hydrogen) atoms. The van der Waals surface area contributed by atoms with Crippen molar-refractivity contribution < 1.29 is 57.1 Å². The fourth-order valence-corrected chi connectivity index (χ4v) is 2.88. The molecule has 0 aromatic carbocycles. The molecule has 0 amide bonds. The zero-order valence-corrected chi connectivity index (χ0v) is 19.4. The van der Waals surface area contributed by atoms with Crippen LogP contribution in [0.3, 0.4) is 0 Å². The highest BCUT2D eigenvalue weighted by Gasteiger charge is 2.52. The number of ether oxygens (including phenoxy) is 7. The van der Waals surface area contributed by atoms with E-state index in [-0.39, 0.29) is 18.8 Å². The summed E-state index contributed by atoms with van der Waals surface area (Å²) in [5.41, 5.74) is 0.0702. The van der Waals surface area contributed by atoms with Crippen LogP contribution in [0.15, 0.2) is 11.6 Å². The topological polar surface area (TPSA) is 174 Å². The maximum absolute atomic E-state index is 11.8. The van der Waals surface area contributed by atoms with E-state index >= 15 is 0 Å². The summed E-state index contributed by atoms with van der Waals surface area (Å²) in [6.07, 6.45) is -5.30. The number of hydrogen-bond acceptors (Lipinski definition) is 13. The van der Waals surface area contributed by atoms with E-state index in [0.29, 0.717) is 0 Å². The first kappa shape index (κ1) is 28.5. The molecule has 188 valence electrons. The summed E-state index contributed by atoms with van der Waals surface area (Å²) in [4.78, 5) is 57.4. The lowest BCUT2D eigenvalue weighted by Gasteiger charge is -2.43. The van der Waals surface area contributed by atoms with Gasteiger partial charge in [-0.2, -0.15) is 5.26 Å². The third-order valence-electron chi connectivity index (χ3n) is 4.11. The summed E-state index contributed by atoms with van der Waals surface area (Å²) in [6.45, 7) is 4.69. The summed E-state index contributed by atoms with van der Waals surface area (Å²) in [5, 5.41) is 9.15. The van der Waals surface area contributed by atoms with E-state index in [2.05, 4.69) is 0 Å². The van der Waals surface area contributed by atoms with Crippen molar-refractivity contribution in [3.63, 3.8) is 0 Å². The van der Waals surface area contributed by atoms with E-state index in [9.17, 15) is 24.0 Å². The number of nitriles is 1. The van der Waals surface area contributed by atoms with Crippen molar-refractivity contribution in [1.29, 1.82) is 5.26 Å². The van der Waals surface area contributed by atoms with E-state index in [4.69, 9.17) is 38.4 Å². The highest BCUT2D eigenvalue weighted by Crippen LogP contribution is 2.30. The molecule has 0 saturated carbocycles. The minimum absolute atomic E-state index is 0.0702. The van der Waals surface area contributed by atoms with Gasteiger partial charge in [0.1, 0.15) is 19.3 Å². The van der Waals surface area contributed by atoms with Crippen molar-refractivity contribution in [1.82, 2.24) is 0 Å². The normalized spacial score (nSPS) is 24.2. The van der Waals surface area contributed by atoms with Gasteiger partial charge >= 0.3 is 29.8 Å². The van der Waals surface area contributed by atoms with Crippen molar-refractivity contribution in [2.24, 2.45) is 0 Å². The highest BCUT2D eigenvalue weighted by atomic mass is 16.7. The van der Waals surface area contributed by atoms with Crippen LogP contribution in [0.2, 0.25) is 0 Å². The Morgan fingerprint density at radius 2 is 1.32 bits per heavy atom. The van der Waals surface area contributed by atoms with Gasteiger partial charge in [-0.3, -0.25) is 24.0 Å². The second kappa shape index (κ2) is 13.9. The Hall–Kier alpha value is -3.50.